The minimum Gasteiger partial charge on any atom is -0.489 e. The number of carbonyl (C=O) groups is 2. The summed E-state index contributed by atoms with van der Waals surface area (Å²) in [7, 11) is 0. The van der Waals surface area contributed by atoms with Gasteiger partial charge >= 0.3 is 0 Å². The van der Waals surface area contributed by atoms with Gasteiger partial charge in [0.2, 0.25) is 5.91 Å². The summed E-state index contributed by atoms with van der Waals surface area (Å²) in [5.74, 6) is -0.0318. The second-order valence-electron chi connectivity index (χ2n) is 8.91. The molecule has 0 spiro atoms. The highest BCUT2D eigenvalue weighted by Gasteiger charge is 2.48. The van der Waals surface area contributed by atoms with Crippen LogP contribution < -0.4 is 9.64 Å². The molecule has 180 valence electrons. The normalized spacial score (nSPS) is 16.9. The smallest absolute Gasteiger partial charge is 0.233 e. The van der Waals surface area contributed by atoms with Crippen LogP contribution in [0, 0.1) is 11.7 Å². The van der Waals surface area contributed by atoms with E-state index >= 15 is 0 Å². The number of hydrogen-bond acceptors (Lipinski definition) is 3. The van der Waals surface area contributed by atoms with Crippen LogP contribution in [0.3, 0.4) is 0 Å². The Kier molecular flexibility index (Phi) is 6.89. The zero-order valence-electron chi connectivity index (χ0n) is 19.7. The Morgan fingerprint density at radius 1 is 0.806 bits per heavy atom. The molecular weight excluding hydrogens is 453 g/mol. The molecule has 1 saturated heterocycles. The van der Waals surface area contributed by atoms with Crippen molar-refractivity contribution in [3.8, 4) is 5.75 Å². The van der Waals surface area contributed by atoms with E-state index in [-0.39, 0.29) is 35.9 Å². The summed E-state index contributed by atoms with van der Waals surface area (Å²) >= 11 is 0. The van der Waals surface area contributed by atoms with Gasteiger partial charge in [-0.1, -0.05) is 60.7 Å². The summed E-state index contributed by atoms with van der Waals surface area (Å²) in [6, 6.07) is 32.7. The number of ether oxygens (including phenoxy) is 1. The van der Waals surface area contributed by atoms with Crippen LogP contribution in [0.25, 0.3) is 0 Å². The molecule has 36 heavy (non-hydrogen) atoms. The number of benzene rings is 4. The van der Waals surface area contributed by atoms with Crippen molar-refractivity contribution in [2.45, 2.75) is 25.5 Å². The molecule has 1 aliphatic heterocycles. The average molecular weight is 480 g/mol. The Labute approximate surface area is 210 Å². The van der Waals surface area contributed by atoms with E-state index in [2.05, 4.69) is 0 Å². The van der Waals surface area contributed by atoms with Gasteiger partial charge in [-0.25, -0.2) is 4.39 Å². The van der Waals surface area contributed by atoms with Crippen LogP contribution in [0.2, 0.25) is 0 Å². The molecule has 2 atom stereocenters. The van der Waals surface area contributed by atoms with E-state index in [1.54, 1.807) is 4.90 Å². The summed E-state index contributed by atoms with van der Waals surface area (Å²) in [6.07, 6.45) is 0.648. The summed E-state index contributed by atoms with van der Waals surface area (Å²) in [4.78, 5) is 27.7. The molecule has 4 aromatic carbocycles. The monoisotopic (exact) mass is 479 g/mol. The topological polar surface area (TPSA) is 46.6 Å². The minimum atomic E-state index is -0.379. The zero-order valence-corrected chi connectivity index (χ0v) is 19.7. The molecule has 0 N–H and O–H groups in total. The van der Waals surface area contributed by atoms with Gasteiger partial charge in [0, 0.05) is 17.7 Å². The molecule has 0 radical (unpaired) electrons. The minimum absolute atomic E-state index is 0.00232. The van der Waals surface area contributed by atoms with Crippen molar-refractivity contribution < 1.29 is 18.7 Å². The SMILES string of the molecule is O=C(CC[C@H]1C(=O)N(c2ccccc2)[C@@H]1c1ccc(OCc2ccccc2)cc1)c1ccc(F)cc1. The van der Waals surface area contributed by atoms with Crippen LogP contribution >= 0.6 is 0 Å². The van der Waals surface area contributed by atoms with Gasteiger partial charge in [0.15, 0.2) is 5.78 Å². The fraction of sp³-hybridized carbons (Fsp3) is 0.161. The van der Waals surface area contributed by atoms with Gasteiger partial charge in [-0.05, 0) is 66.1 Å². The number of carbonyl (C=O) groups excluding carboxylic acids is 2. The van der Waals surface area contributed by atoms with Crippen LogP contribution in [-0.4, -0.2) is 11.7 Å². The van der Waals surface area contributed by atoms with Crippen molar-refractivity contribution in [2.24, 2.45) is 5.92 Å². The molecule has 4 aromatic rings. The van der Waals surface area contributed by atoms with Crippen molar-refractivity contribution >= 4 is 17.4 Å². The van der Waals surface area contributed by atoms with Gasteiger partial charge in [0.25, 0.3) is 0 Å². The quantitative estimate of drug-likeness (QED) is 0.197. The highest BCUT2D eigenvalue weighted by molar-refractivity contribution is 6.04. The lowest BCUT2D eigenvalue weighted by Gasteiger charge is -2.47. The second-order valence-corrected chi connectivity index (χ2v) is 8.91. The van der Waals surface area contributed by atoms with E-state index in [1.807, 2.05) is 84.9 Å². The van der Waals surface area contributed by atoms with Gasteiger partial charge in [0.05, 0.1) is 12.0 Å². The molecule has 1 heterocycles. The molecule has 5 rings (SSSR count). The van der Waals surface area contributed by atoms with E-state index in [0.29, 0.717) is 18.6 Å². The largest absolute Gasteiger partial charge is 0.489 e. The lowest BCUT2D eigenvalue weighted by atomic mass is 9.78. The number of anilines is 1. The number of Topliss-reactive ketones (excluding diaryl/α,β-unsaturated/α-hetero) is 1. The van der Waals surface area contributed by atoms with Crippen LogP contribution in [0.1, 0.15) is 40.4 Å². The maximum atomic E-state index is 13.2. The Morgan fingerprint density at radius 2 is 1.44 bits per heavy atom. The fourth-order valence-electron chi connectivity index (χ4n) is 4.66. The molecule has 0 unspecified atom stereocenters. The lowest BCUT2D eigenvalue weighted by molar-refractivity contribution is -0.130. The fourth-order valence-corrected chi connectivity index (χ4v) is 4.66. The third-order valence-electron chi connectivity index (χ3n) is 6.57. The first-order valence-corrected chi connectivity index (χ1v) is 12.0. The van der Waals surface area contributed by atoms with E-state index in [9.17, 15) is 14.0 Å². The Morgan fingerprint density at radius 3 is 2.11 bits per heavy atom. The van der Waals surface area contributed by atoms with Crippen molar-refractivity contribution in [2.75, 3.05) is 4.90 Å². The number of hydrogen-bond donors (Lipinski definition) is 0. The summed E-state index contributed by atoms with van der Waals surface area (Å²) in [6.45, 7) is 0.479. The first kappa shape index (κ1) is 23.5. The van der Waals surface area contributed by atoms with E-state index < -0.39 is 0 Å². The lowest BCUT2D eigenvalue weighted by Crippen LogP contribution is -2.55. The van der Waals surface area contributed by atoms with Crippen molar-refractivity contribution in [3.05, 3.63) is 132 Å². The highest BCUT2D eigenvalue weighted by atomic mass is 19.1. The maximum absolute atomic E-state index is 13.2. The van der Waals surface area contributed by atoms with Crippen molar-refractivity contribution in [3.63, 3.8) is 0 Å². The van der Waals surface area contributed by atoms with Gasteiger partial charge in [-0.2, -0.15) is 0 Å². The third-order valence-corrected chi connectivity index (χ3v) is 6.57. The van der Waals surface area contributed by atoms with E-state index in [1.165, 1.54) is 24.3 Å². The Balaban J connectivity index is 1.32. The molecule has 0 aromatic heterocycles. The van der Waals surface area contributed by atoms with E-state index in [4.69, 9.17) is 4.74 Å². The molecule has 1 amide bonds. The van der Waals surface area contributed by atoms with Gasteiger partial charge < -0.3 is 9.64 Å². The summed E-state index contributed by atoms with van der Waals surface area (Å²) in [5.41, 5.74) is 3.37. The zero-order chi connectivity index (χ0) is 24.9. The van der Waals surface area contributed by atoms with Crippen LogP contribution in [0.4, 0.5) is 10.1 Å². The molecular formula is C31H26FNO3. The number of rotatable bonds is 9. The predicted molar refractivity (Wildman–Crippen MR) is 137 cm³/mol. The maximum Gasteiger partial charge on any atom is 0.233 e. The van der Waals surface area contributed by atoms with Crippen LogP contribution in [0.15, 0.2) is 109 Å². The number of ketones is 1. The number of halogens is 1. The highest BCUT2D eigenvalue weighted by Crippen LogP contribution is 2.45. The molecule has 1 aliphatic rings. The van der Waals surface area contributed by atoms with Gasteiger partial charge in [-0.3, -0.25) is 9.59 Å². The average Bonchev–Trinajstić information content (AvgIpc) is 2.92. The first-order chi connectivity index (χ1) is 17.6. The van der Waals surface area contributed by atoms with Crippen molar-refractivity contribution in [1.82, 2.24) is 0 Å². The molecule has 0 saturated carbocycles. The summed E-state index contributed by atoms with van der Waals surface area (Å²) < 4.78 is 19.1. The second kappa shape index (κ2) is 10.6. The molecule has 1 fully saturated rings. The van der Waals surface area contributed by atoms with Crippen LogP contribution in [-0.2, 0) is 11.4 Å². The van der Waals surface area contributed by atoms with E-state index in [0.717, 1.165) is 22.6 Å². The predicted octanol–water partition coefficient (Wildman–Crippen LogP) is 6.77. The van der Waals surface area contributed by atoms with Gasteiger partial charge in [0.1, 0.15) is 18.2 Å². The van der Waals surface area contributed by atoms with Crippen molar-refractivity contribution in [1.29, 1.82) is 0 Å². The van der Waals surface area contributed by atoms with Crippen LogP contribution in [0.5, 0.6) is 5.75 Å². The molecule has 4 nitrogen and oxygen atoms in total. The Hall–Kier alpha value is -4.25. The number of nitrogens with zero attached hydrogens (tertiary/aromatic N) is 1. The number of amides is 1. The third kappa shape index (κ3) is 5.05. The standard InChI is InChI=1S/C31H26FNO3/c32-25-15-11-23(12-16-25)29(34)20-19-28-30(33(31(28)35)26-9-5-2-6-10-26)24-13-17-27(18-14-24)36-21-22-7-3-1-4-8-22/h1-18,28,30H,19-21H2/t28-,30-/m1/s1. The number of para-hydroxylation sites is 1. The Bertz CT molecular complexity index is 1320. The van der Waals surface area contributed by atoms with Gasteiger partial charge in [-0.15, -0.1) is 0 Å². The first-order valence-electron chi connectivity index (χ1n) is 12.0. The number of β-lactam (4-membered cyclic amide) rings is 1. The molecule has 0 aliphatic carbocycles. The molecule has 0 bridgehead atoms. The molecule has 5 heteroatoms. The summed E-state index contributed by atoms with van der Waals surface area (Å²) in [5, 5.41) is 0.